The topological polar surface area (TPSA) is 58.4 Å². The van der Waals surface area contributed by atoms with Crippen LogP contribution in [-0.2, 0) is 4.79 Å². The number of likely N-dealkylation sites (tertiary alicyclic amines) is 1. The Morgan fingerprint density at radius 3 is 2.56 bits per heavy atom. The first-order chi connectivity index (χ1) is 8.39. The van der Waals surface area contributed by atoms with Gasteiger partial charge in [-0.1, -0.05) is 6.92 Å². The van der Waals surface area contributed by atoms with Gasteiger partial charge in [-0.15, -0.1) is 0 Å². The number of unbranched alkanes of at least 4 members (excludes halogenated alkanes) is 1. The summed E-state index contributed by atoms with van der Waals surface area (Å²) in [6.07, 6.45) is 4.31. The van der Waals surface area contributed by atoms with Crippen LogP contribution in [-0.4, -0.2) is 42.5 Å². The van der Waals surface area contributed by atoms with Crippen molar-refractivity contribution in [2.24, 2.45) is 11.7 Å². The fraction of sp³-hybridized carbons (Fsp3) is 0.929. The van der Waals surface area contributed by atoms with Crippen molar-refractivity contribution in [3.8, 4) is 0 Å². The molecule has 0 saturated carbocycles. The van der Waals surface area contributed by atoms with Crippen LogP contribution in [0.15, 0.2) is 0 Å². The Balaban J connectivity index is 2.24. The first-order valence-electron chi connectivity index (χ1n) is 7.12. The highest BCUT2D eigenvalue weighted by atomic mass is 16.1. The molecule has 4 heteroatoms. The van der Waals surface area contributed by atoms with Gasteiger partial charge in [0.2, 0.25) is 5.91 Å². The maximum absolute atomic E-state index is 11.3. The maximum Gasteiger partial charge on any atom is 0.237 e. The molecule has 0 aromatic carbocycles. The van der Waals surface area contributed by atoms with Crippen LogP contribution in [0.3, 0.4) is 0 Å². The summed E-state index contributed by atoms with van der Waals surface area (Å²) in [5.41, 5.74) is 4.86. The zero-order chi connectivity index (χ0) is 13.8. The number of nitrogens with two attached hydrogens (primary N) is 1. The number of rotatable bonds is 7. The third kappa shape index (κ3) is 3.95. The van der Waals surface area contributed by atoms with E-state index in [9.17, 15) is 4.79 Å². The van der Waals surface area contributed by atoms with Crippen molar-refractivity contribution in [3.63, 3.8) is 0 Å². The van der Waals surface area contributed by atoms with E-state index in [4.69, 9.17) is 5.73 Å². The lowest BCUT2D eigenvalue weighted by molar-refractivity contribution is -0.123. The maximum atomic E-state index is 11.3. The zero-order valence-corrected chi connectivity index (χ0v) is 12.3. The fourth-order valence-corrected chi connectivity index (χ4v) is 2.86. The molecule has 1 rings (SSSR count). The molecule has 0 radical (unpaired) electrons. The number of hydrogen-bond acceptors (Lipinski definition) is 3. The predicted octanol–water partition coefficient (Wildman–Crippen LogP) is 1.35. The van der Waals surface area contributed by atoms with Gasteiger partial charge in [-0.2, -0.15) is 0 Å². The van der Waals surface area contributed by atoms with Gasteiger partial charge in [-0.05, 0) is 59.0 Å². The number of carbonyl (C=O) groups is 1. The molecule has 106 valence electrons. The van der Waals surface area contributed by atoms with Gasteiger partial charge in [0.1, 0.15) is 0 Å². The van der Waals surface area contributed by atoms with Crippen molar-refractivity contribution in [2.45, 2.75) is 58.0 Å². The second-order valence-corrected chi connectivity index (χ2v) is 6.09. The van der Waals surface area contributed by atoms with Crippen molar-refractivity contribution in [1.82, 2.24) is 10.2 Å². The van der Waals surface area contributed by atoms with E-state index in [1.807, 2.05) is 6.92 Å². The lowest BCUT2D eigenvalue weighted by Crippen LogP contribution is -2.51. The first-order valence-corrected chi connectivity index (χ1v) is 7.12. The second-order valence-electron chi connectivity index (χ2n) is 6.09. The van der Waals surface area contributed by atoms with Gasteiger partial charge in [0.05, 0.1) is 5.54 Å². The molecule has 0 bridgehead atoms. The molecule has 3 atom stereocenters. The quantitative estimate of drug-likeness (QED) is 0.675. The summed E-state index contributed by atoms with van der Waals surface area (Å²) < 4.78 is 0. The molecular formula is C14H29N3O. The second kappa shape index (κ2) is 6.53. The molecule has 0 aromatic rings. The van der Waals surface area contributed by atoms with Gasteiger partial charge < -0.3 is 16.0 Å². The number of carbonyl (C=O) groups excluding carboxylic acids is 1. The number of amides is 1. The van der Waals surface area contributed by atoms with Crippen molar-refractivity contribution in [3.05, 3.63) is 0 Å². The summed E-state index contributed by atoms with van der Waals surface area (Å²) in [5.74, 6) is 0.571. The summed E-state index contributed by atoms with van der Waals surface area (Å²) in [7, 11) is 1.80. The first kappa shape index (κ1) is 15.4. The Bertz CT molecular complexity index is 282. The molecule has 0 aromatic heterocycles. The van der Waals surface area contributed by atoms with Gasteiger partial charge >= 0.3 is 0 Å². The van der Waals surface area contributed by atoms with Crippen LogP contribution >= 0.6 is 0 Å². The van der Waals surface area contributed by atoms with Crippen LogP contribution in [0, 0.1) is 5.92 Å². The minimum Gasteiger partial charge on any atom is -0.368 e. The molecule has 1 saturated heterocycles. The Labute approximate surface area is 111 Å². The van der Waals surface area contributed by atoms with Crippen molar-refractivity contribution < 1.29 is 4.79 Å². The minimum atomic E-state index is -0.552. The van der Waals surface area contributed by atoms with E-state index in [1.54, 1.807) is 7.05 Å². The van der Waals surface area contributed by atoms with Crippen molar-refractivity contribution in [2.75, 3.05) is 20.1 Å². The highest BCUT2D eigenvalue weighted by Gasteiger charge is 2.29. The SMILES string of the molecule is CNC(C)(CCCCN1CC(C)CC1C)C(N)=O. The third-order valence-corrected chi connectivity index (χ3v) is 4.38. The Morgan fingerprint density at radius 2 is 2.11 bits per heavy atom. The molecule has 18 heavy (non-hydrogen) atoms. The molecule has 1 heterocycles. The lowest BCUT2D eigenvalue weighted by Gasteiger charge is -2.26. The van der Waals surface area contributed by atoms with Gasteiger partial charge in [0.15, 0.2) is 0 Å². The molecule has 1 aliphatic rings. The van der Waals surface area contributed by atoms with Crippen molar-refractivity contribution >= 4 is 5.91 Å². The number of hydrogen-bond donors (Lipinski definition) is 2. The van der Waals surface area contributed by atoms with Crippen LogP contribution in [0.25, 0.3) is 0 Å². The van der Waals surface area contributed by atoms with E-state index in [0.29, 0.717) is 6.04 Å². The smallest absolute Gasteiger partial charge is 0.237 e. The van der Waals surface area contributed by atoms with Crippen molar-refractivity contribution in [1.29, 1.82) is 0 Å². The Morgan fingerprint density at radius 1 is 1.44 bits per heavy atom. The lowest BCUT2D eigenvalue weighted by atomic mass is 9.94. The minimum absolute atomic E-state index is 0.256. The van der Waals surface area contributed by atoms with Gasteiger partial charge in [-0.3, -0.25) is 4.79 Å². The summed E-state index contributed by atoms with van der Waals surface area (Å²) in [6.45, 7) is 8.88. The number of primary amides is 1. The van der Waals surface area contributed by atoms with E-state index in [2.05, 4.69) is 24.1 Å². The fourth-order valence-electron chi connectivity index (χ4n) is 2.86. The van der Waals surface area contributed by atoms with E-state index in [1.165, 1.54) is 13.0 Å². The van der Waals surface area contributed by atoms with E-state index >= 15 is 0 Å². The zero-order valence-electron chi connectivity index (χ0n) is 12.3. The summed E-state index contributed by atoms with van der Waals surface area (Å²) in [5, 5.41) is 3.03. The van der Waals surface area contributed by atoms with Crippen LogP contribution in [0.4, 0.5) is 0 Å². The summed E-state index contributed by atoms with van der Waals surface area (Å²) >= 11 is 0. The number of nitrogens with zero attached hydrogens (tertiary/aromatic N) is 1. The highest BCUT2D eigenvalue weighted by molar-refractivity contribution is 5.84. The Hall–Kier alpha value is -0.610. The molecule has 0 aliphatic carbocycles. The van der Waals surface area contributed by atoms with E-state index in [-0.39, 0.29) is 5.91 Å². The van der Waals surface area contributed by atoms with Crippen LogP contribution in [0.1, 0.15) is 46.5 Å². The molecule has 1 aliphatic heterocycles. The molecule has 3 N–H and O–H groups in total. The third-order valence-electron chi connectivity index (χ3n) is 4.38. The Kier molecular flexibility index (Phi) is 5.60. The molecular weight excluding hydrogens is 226 g/mol. The molecule has 1 amide bonds. The summed E-state index contributed by atoms with van der Waals surface area (Å²) in [4.78, 5) is 13.9. The standard InChI is InChI=1S/C14H29N3O/c1-11-9-12(2)17(10-11)8-6-5-7-14(3,16-4)13(15)18/h11-12,16H,5-10H2,1-4H3,(H2,15,18). The molecule has 1 fully saturated rings. The highest BCUT2D eigenvalue weighted by Crippen LogP contribution is 2.23. The average molecular weight is 255 g/mol. The average Bonchev–Trinajstić information content (AvgIpc) is 2.63. The van der Waals surface area contributed by atoms with Gasteiger partial charge in [-0.25, -0.2) is 0 Å². The van der Waals surface area contributed by atoms with Gasteiger partial charge in [0, 0.05) is 12.6 Å². The largest absolute Gasteiger partial charge is 0.368 e. The molecule has 0 spiro atoms. The van der Waals surface area contributed by atoms with Crippen LogP contribution in [0.2, 0.25) is 0 Å². The summed E-state index contributed by atoms with van der Waals surface area (Å²) in [6, 6.07) is 0.715. The molecule has 3 unspecified atom stereocenters. The monoisotopic (exact) mass is 255 g/mol. The number of likely N-dealkylation sites (N-methyl/N-ethyl adjacent to an activating group) is 1. The normalized spacial score (nSPS) is 28.2. The number of nitrogens with one attached hydrogen (secondary N) is 1. The van der Waals surface area contributed by atoms with Gasteiger partial charge in [0.25, 0.3) is 0 Å². The van der Waals surface area contributed by atoms with E-state index < -0.39 is 5.54 Å². The van der Waals surface area contributed by atoms with E-state index in [0.717, 1.165) is 31.7 Å². The van der Waals surface area contributed by atoms with Crippen LogP contribution in [0.5, 0.6) is 0 Å². The predicted molar refractivity (Wildman–Crippen MR) is 75.3 cm³/mol. The van der Waals surface area contributed by atoms with Crippen LogP contribution < -0.4 is 11.1 Å². The molecule has 4 nitrogen and oxygen atoms in total.